The second kappa shape index (κ2) is 4.56. The topological polar surface area (TPSA) is 36.4 Å². The summed E-state index contributed by atoms with van der Waals surface area (Å²) in [5.41, 5.74) is 4.08. The molecule has 1 aliphatic carbocycles. The first-order chi connectivity index (χ1) is 6.15. The predicted molar refractivity (Wildman–Crippen MR) is 59.8 cm³/mol. The van der Waals surface area contributed by atoms with Crippen LogP contribution in [0.4, 0.5) is 0 Å². The molecule has 0 amide bonds. The Labute approximate surface area is 85.0 Å². The van der Waals surface area contributed by atoms with Gasteiger partial charge < -0.3 is 5.32 Å². The van der Waals surface area contributed by atoms with Crippen LogP contribution in [-0.2, 0) is 0 Å². The molecule has 4 heteroatoms. The van der Waals surface area contributed by atoms with Gasteiger partial charge in [0.1, 0.15) is 0 Å². The van der Waals surface area contributed by atoms with E-state index in [1.54, 1.807) is 7.05 Å². The van der Waals surface area contributed by atoms with Crippen LogP contribution in [0.15, 0.2) is 5.10 Å². The first-order valence-electron chi connectivity index (χ1n) is 4.69. The molecule has 0 heterocycles. The average Bonchev–Trinajstić information content (AvgIpc) is 2.01. The van der Waals surface area contributed by atoms with E-state index in [4.69, 9.17) is 12.2 Å². The first kappa shape index (κ1) is 10.4. The smallest absolute Gasteiger partial charge is 0.186 e. The molecule has 1 fully saturated rings. The van der Waals surface area contributed by atoms with Gasteiger partial charge in [-0.25, -0.2) is 0 Å². The summed E-state index contributed by atoms with van der Waals surface area (Å²) in [6.07, 6.45) is 2.38. The lowest BCUT2D eigenvalue weighted by Gasteiger charge is -2.31. The van der Waals surface area contributed by atoms with Crippen LogP contribution in [0.3, 0.4) is 0 Å². The van der Waals surface area contributed by atoms with Gasteiger partial charge in [0.15, 0.2) is 5.11 Å². The van der Waals surface area contributed by atoms with Crippen LogP contribution in [0.25, 0.3) is 0 Å². The third-order valence-electron chi connectivity index (χ3n) is 2.47. The highest BCUT2D eigenvalue weighted by molar-refractivity contribution is 7.80. The monoisotopic (exact) mass is 199 g/mol. The van der Waals surface area contributed by atoms with Gasteiger partial charge in [-0.05, 0) is 31.0 Å². The van der Waals surface area contributed by atoms with Crippen molar-refractivity contribution in [3.8, 4) is 0 Å². The molecule has 2 N–H and O–H groups in total. The SMILES string of the molecule is CNC(=S)N/N=C1\CCC1C(C)C. The number of nitrogens with zero attached hydrogens (tertiary/aromatic N) is 1. The van der Waals surface area contributed by atoms with Gasteiger partial charge >= 0.3 is 0 Å². The van der Waals surface area contributed by atoms with Crippen LogP contribution < -0.4 is 10.7 Å². The standard InChI is InChI=1S/C9H17N3S/c1-6(2)7-4-5-8(7)11-12-9(13)10-3/h6-7H,4-5H2,1-3H3,(H2,10,12,13)/b11-8+. The lowest BCUT2D eigenvalue weighted by molar-refractivity contribution is 0.412. The summed E-state index contributed by atoms with van der Waals surface area (Å²) in [6, 6.07) is 0. The van der Waals surface area contributed by atoms with Gasteiger partial charge in [-0.15, -0.1) is 0 Å². The van der Waals surface area contributed by atoms with Crippen LogP contribution in [-0.4, -0.2) is 17.9 Å². The van der Waals surface area contributed by atoms with Gasteiger partial charge in [0, 0.05) is 18.7 Å². The van der Waals surface area contributed by atoms with Gasteiger partial charge in [-0.1, -0.05) is 13.8 Å². The number of thiocarbonyl (C=S) groups is 1. The zero-order chi connectivity index (χ0) is 9.84. The number of hydrazone groups is 1. The van der Waals surface area contributed by atoms with Gasteiger partial charge in [-0.3, -0.25) is 5.43 Å². The van der Waals surface area contributed by atoms with Crippen molar-refractivity contribution >= 4 is 23.0 Å². The van der Waals surface area contributed by atoms with E-state index < -0.39 is 0 Å². The third kappa shape index (κ3) is 2.66. The fraction of sp³-hybridized carbons (Fsp3) is 0.778. The van der Waals surface area contributed by atoms with Crippen molar-refractivity contribution < 1.29 is 0 Å². The molecule has 0 bridgehead atoms. The van der Waals surface area contributed by atoms with E-state index in [-0.39, 0.29) is 0 Å². The lowest BCUT2D eigenvalue weighted by Crippen LogP contribution is -2.35. The molecule has 13 heavy (non-hydrogen) atoms. The van der Waals surface area contributed by atoms with E-state index in [0.29, 0.717) is 16.9 Å². The molecule has 1 rings (SSSR count). The van der Waals surface area contributed by atoms with Crippen LogP contribution in [0.1, 0.15) is 26.7 Å². The third-order valence-corrected chi connectivity index (χ3v) is 2.77. The van der Waals surface area contributed by atoms with E-state index in [9.17, 15) is 0 Å². The largest absolute Gasteiger partial charge is 0.364 e. The van der Waals surface area contributed by atoms with Crippen molar-refractivity contribution in [3.63, 3.8) is 0 Å². The van der Waals surface area contributed by atoms with Gasteiger partial charge in [-0.2, -0.15) is 5.10 Å². The van der Waals surface area contributed by atoms with Gasteiger partial charge in [0.05, 0.1) is 0 Å². The Morgan fingerprint density at radius 1 is 1.62 bits per heavy atom. The van der Waals surface area contributed by atoms with Crippen molar-refractivity contribution in [2.45, 2.75) is 26.7 Å². The van der Waals surface area contributed by atoms with Crippen LogP contribution in [0.5, 0.6) is 0 Å². The maximum Gasteiger partial charge on any atom is 0.186 e. The Bertz CT molecular complexity index is 223. The quantitative estimate of drug-likeness (QED) is 0.523. The summed E-state index contributed by atoms with van der Waals surface area (Å²) >= 11 is 4.92. The van der Waals surface area contributed by atoms with E-state index in [1.165, 1.54) is 12.1 Å². The molecule has 0 aromatic heterocycles. The summed E-state index contributed by atoms with van der Waals surface area (Å²) in [7, 11) is 1.79. The average molecular weight is 199 g/mol. The molecule has 74 valence electrons. The van der Waals surface area contributed by atoms with Crippen molar-refractivity contribution in [2.24, 2.45) is 16.9 Å². The molecule has 3 nitrogen and oxygen atoms in total. The van der Waals surface area contributed by atoms with Crippen LogP contribution >= 0.6 is 12.2 Å². The molecule has 1 unspecified atom stereocenters. The minimum absolute atomic E-state index is 0.585. The van der Waals surface area contributed by atoms with Crippen molar-refractivity contribution in [3.05, 3.63) is 0 Å². The highest BCUT2D eigenvalue weighted by atomic mass is 32.1. The first-order valence-corrected chi connectivity index (χ1v) is 5.10. The summed E-state index contributed by atoms with van der Waals surface area (Å²) in [5.74, 6) is 1.35. The molecule has 0 radical (unpaired) electrons. The Kier molecular flexibility index (Phi) is 3.66. The lowest BCUT2D eigenvalue weighted by atomic mass is 9.75. The second-order valence-corrected chi connectivity index (χ2v) is 4.09. The number of rotatable bonds is 2. The molecule has 0 spiro atoms. The minimum Gasteiger partial charge on any atom is -0.364 e. The molecule has 0 aromatic carbocycles. The van der Waals surface area contributed by atoms with E-state index in [2.05, 4.69) is 29.7 Å². The predicted octanol–water partition coefficient (Wildman–Crippen LogP) is 1.50. The highest BCUT2D eigenvalue weighted by Gasteiger charge is 2.28. The summed E-state index contributed by atoms with van der Waals surface area (Å²) in [5, 5.41) is 7.68. The minimum atomic E-state index is 0.585. The van der Waals surface area contributed by atoms with Gasteiger partial charge in [0.2, 0.25) is 0 Å². The Balaban J connectivity index is 2.39. The second-order valence-electron chi connectivity index (χ2n) is 3.68. The summed E-state index contributed by atoms with van der Waals surface area (Å²) in [4.78, 5) is 0. The van der Waals surface area contributed by atoms with E-state index in [1.807, 2.05) is 0 Å². The molecule has 0 aliphatic heterocycles. The fourth-order valence-electron chi connectivity index (χ4n) is 1.48. The zero-order valence-corrected chi connectivity index (χ0v) is 9.24. The highest BCUT2D eigenvalue weighted by Crippen LogP contribution is 2.30. The maximum atomic E-state index is 4.92. The van der Waals surface area contributed by atoms with Gasteiger partial charge in [0.25, 0.3) is 0 Å². The molecular formula is C9H17N3S. The van der Waals surface area contributed by atoms with Crippen molar-refractivity contribution in [1.29, 1.82) is 0 Å². The molecule has 0 aromatic rings. The fourth-order valence-corrected chi connectivity index (χ4v) is 1.52. The maximum absolute atomic E-state index is 4.92. The van der Waals surface area contributed by atoms with Crippen molar-refractivity contribution in [1.82, 2.24) is 10.7 Å². The molecule has 1 atom stereocenters. The van der Waals surface area contributed by atoms with E-state index >= 15 is 0 Å². The zero-order valence-electron chi connectivity index (χ0n) is 8.42. The molecule has 1 saturated carbocycles. The normalized spacial score (nSPS) is 24.3. The Morgan fingerprint density at radius 3 is 2.69 bits per heavy atom. The summed E-state index contributed by atoms with van der Waals surface area (Å²) < 4.78 is 0. The van der Waals surface area contributed by atoms with E-state index in [0.717, 1.165) is 6.42 Å². The van der Waals surface area contributed by atoms with Crippen LogP contribution in [0, 0.1) is 11.8 Å². The number of hydrogen-bond acceptors (Lipinski definition) is 2. The summed E-state index contributed by atoms with van der Waals surface area (Å²) in [6.45, 7) is 4.46. The Hall–Kier alpha value is -0.640. The number of nitrogens with one attached hydrogen (secondary N) is 2. The number of hydrogen-bond donors (Lipinski definition) is 2. The molecular weight excluding hydrogens is 182 g/mol. The Morgan fingerprint density at radius 2 is 2.31 bits per heavy atom. The van der Waals surface area contributed by atoms with Crippen molar-refractivity contribution in [2.75, 3.05) is 7.05 Å². The molecule has 1 aliphatic rings. The van der Waals surface area contributed by atoms with Crippen LogP contribution in [0.2, 0.25) is 0 Å². The molecule has 0 saturated heterocycles.